The van der Waals surface area contributed by atoms with Crippen molar-refractivity contribution in [1.82, 2.24) is 14.7 Å². The Morgan fingerprint density at radius 3 is 2.80 bits per heavy atom. The van der Waals surface area contributed by atoms with Crippen LogP contribution < -0.4 is 5.32 Å². The lowest BCUT2D eigenvalue weighted by atomic mass is 10.1. The second-order valence-corrected chi connectivity index (χ2v) is 7.33. The van der Waals surface area contributed by atoms with Gasteiger partial charge in [-0.05, 0) is 44.2 Å². The Labute approximate surface area is 158 Å². The Balaban J connectivity index is 2.14. The van der Waals surface area contributed by atoms with E-state index in [2.05, 4.69) is 26.2 Å². The largest absolute Gasteiger partial charge is 0.354 e. The number of imidazole rings is 1. The van der Waals surface area contributed by atoms with Gasteiger partial charge >= 0.3 is 0 Å². The summed E-state index contributed by atoms with van der Waals surface area (Å²) in [4.78, 5) is 16.9. The van der Waals surface area contributed by atoms with Crippen LogP contribution in [0.2, 0.25) is 5.02 Å². The number of carbonyl (C=O) groups is 1. The minimum absolute atomic E-state index is 0.0216. The highest BCUT2D eigenvalue weighted by Gasteiger charge is 2.18. The van der Waals surface area contributed by atoms with E-state index < -0.39 is 5.82 Å². The number of carbonyl (C=O) groups excluding carboxylic acids is 1. The number of halogens is 3. The Morgan fingerprint density at radius 1 is 1.36 bits per heavy atom. The second-order valence-electron chi connectivity index (χ2n) is 6.01. The molecule has 0 atom stereocenters. The molecule has 0 aliphatic carbocycles. The number of amides is 1. The maximum atomic E-state index is 13.5. The number of rotatable bonds is 4. The van der Waals surface area contributed by atoms with Crippen molar-refractivity contribution in [3.63, 3.8) is 0 Å². The third-order valence-corrected chi connectivity index (χ3v) is 4.44. The van der Waals surface area contributed by atoms with E-state index in [0.29, 0.717) is 16.9 Å². The van der Waals surface area contributed by atoms with E-state index in [1.165, 1.54) is 12.1 Å². The van der Waals surface area contributed by atoms with Crippen LogP contribution in [0.5, 0.6) is 0 Å². The van der Waals surface area contributed by atoms with E-state index >= 15 is 0 Å². The van der Waals surface area contributed by atoms with Crippen molar-refractivity contribution in [1.29, 1.82) is 0 Å². The molecule has 1 amide bonds. The van der Waals surface area contributed by atoms with Gasteiger partial charge in [0.25, 0.3) is 0 Å². The Morgan fingerprint density at radius 2 is 2.12 bits per heavy atom. The van der Waals surface area contributed by atoms with Crippen LogP contribution in [0.15, 0.2) is 41.0 Å². The molecule has 25 heavy (non-hydrogen) atoms. The molecule has 0 aliphatic rings. The monoisotopic (exact) mass is 423 g/mol. The van der Waals surface area contributed by atoms with Gasteiger partial charge in [0.05, 0.1) is 22.8 Å². The van der Waals surface area contributed by atoms with Gasteiger partial charge in [-0.15, -0.1) is 0 Å². The van der Waals surface area contributed by atoms with Gasteiger partial charge in [0.2, 0.25) is 5.91 Å². The first kappa shape index (κ1) is 17.9. The second kappa shape index (κ2) is 7.14. The van der Waals surface area contributed by atoms with E-state index in [0.717, 1.165) is 10.2 Å². The molecule has 2 aromatic heterocycles. The topological polar surface area (TPSA) is 46.4 Å². The molecule has 2 heterocycles. The zero-order valence-corrected chi connectivity index (χ0v) is 16.0. The smallest absolute Gasteiger partial charge is 0.226 e. The van der Waals surface area contributed by atoms with E-state index in [1.54, 1.807) is 6.07 Å². The van der Waals surface area contributed by atoms with Crippen molar-refractivity contribution >= 4 is 39.1 Å². The summed E-state index contributed by atoms with van der Waals surface area (Å²) in [5.74, 6) is -0.592. The van der Waals surface area contributed by atoms with E-state index in [9.17, 15) is 9.18 Å². The van der Waals surface area contributed by atoms with Gasteiger partial charge in [-0.3, -0.25) is 4.79 Å². The molecule has 0 saturated heterocycles. The molecule has 3 rings (SSSR count). The average Bonchev–Trinajstić information content (AvgIpc) is 2.87. The van der Waals surface area contributed by atoms with Gasteiger partial charge < -0.3 is 9.72 Å². The molecule has 0 fully saturated rings. The minimum Gasteiger partial charge on any atom is -0.354 e. The highest BCUT2D eigenvalue weighted by Crippen LogP contribution is 2.29. The molecule has 0 saturated carbocycles. The quantitative estimate of drug-likeness (QED) is 0.664. The Bertz CT molecular complexity index is 955. The van der Waals surface area contributed by atoms with Crippen molar-refractivity contribution in [3.05, 3.63) is 57.5 Å². The lowest BCUT2D eigenvalue weighted by Gasteiger charge is -2.10. The van der Waals surface area contributed by atoms with Gasteiger partial charge in [-0.2, -0.15) is 0 Å². The molecule has 1 aromatic carbocycles. The number of hydrogen-bond donors (Lipinski definition) is 1. The van der Waals surface area contributed by atoms with Crippen LogP contribution >= 0.6 is 27.5 Å². The first-order valence-electron chi connectivity index (χ1n) is 7.76. The Kier molecular flexibility index (Phi) is 5.11. The highest BCUT2D eigenvalue weighted by molar-refractivity contribution is 9.10. The molecule has 0 aliphatic heterocycles. The van der Waals surface area contributed by atoms with Gasteiger partial charge in [0.1, 0.15) is 11.5 Å². The maximum absolute atomic E-state index is 13.5. The number of fused-ring (bicyclic) bond motifs is 1. The minimum atomic E-state index is -0.490. The lowest BCUT2D eigenvalue weighted by molar-refractivity contribution is -0.120. The highest BCUT2D eigenvalue weighted by atomic mass is 79.9. The number of hydrogen-bond acceptors (Lipinski definition) is 2. The summed E-state index contributed by atoms with van der Waals surface area (Å²) < 4.78 is 16.2. The van der Waals surface area contributed by atoms with Crippen molar-refractivity contribution in [2.75, 3.05) is 0 Å². The van der Waals surface area contributed by atoms with Crippen molar-refractivity contribution < 1.29 is 9.18 Å². The van der Waals surface area contributed by atoms with E-state index in [4.69, 9.17) is 11.6 Å². The van der Waals surface area contributed by atoms with Crippen LogP contribution in [0.4, 0.5) is 4.39 Å². The molecule has 1 N–H and O–H groups in total. The molecular weight excluding hydrogens is 409 g/mol. The SMILES string of the molecule is CC(C)NC(=O)Cc1c(-c2ccc(F)c(Cl)c2)nc2cc(Br)ccn12. The van der Waals surface area contributed by atoms with E-state index in [-0.39, 0.29) is 23.4 Å². The molecule has 130 valence electrons. The predicted molar refractivity (Wildman–Crippen MR) is 100 cm³/mol. The van der Waals surface area contributed by atoms with Crippen molar-refractivity contribution in [2.24, 2.45) is 0 Å². The van der Waals surface area contributed by atoms with Crippen LogP contribution in [0, 0.1) is 5.82 Å². The number of benzene rings is 1. The van der Waals surface area contributed by atoms with Crippen LogP contribution in [0.25, 0.3) is 16.9 Å². The predicted octanol–water partition coefficient (Wildman–Crippen LogP) is 4.62. The first-order valence-corrected chi connectivity index (χ1v) is 8.93. The van der Waals surface area contributed by atoms with E-state index in [1.807, 2.05) is 36.6 Å². The van der Waals surface area contributed by atoms with Crippen LogP contribution in [-0.4, -0.2) is 21.3 Å². The summed E-state index contributed by atoms with van der Waals surface area (Å²) in [5, 5.41) is 2.90. The van der Waals surface area contributed by atoms with Crippen LogP contribution in [-0.2, 0) is 11.2 Å². The summed E-state index contributed by atoms with van der Waals surface area (Å²) in [7, 11) is 0. The molecule has 0 radical (unpaired) electrons. The Hall–Kier alpha value is -1.92. The van der Waals surface area contributed by atoms with Gasteiger partial charge in [-0.1, -0.05) is 27.5 Å². The van der Waals surface area contributed by atoms with Gasteiger partial charge in [-0.25, -0.2) is 9.37 Å². The summed E-state index contributed by atoms with van der Waals surface area (Å²) >= 11 is 9.34. The molecular formula is C18H16BrClFN3O. The third kappa shape index (κ3) is 3.85. The summed E-state index contributed by atoms with van der Waals surface area (Å²) in [6, 6.07) is 8.22. The fourth-order valence-corrected chi connectivity index (χ4v) is 3.14. The molecule has 0 unspecified atom stereocenters. The maximum Gasteiger partial charge on any atom is 0.226 e. The first-order chi connectivity index (χ1) is 11.8. The lowest BCUT2D eigenvalue weighted by Crippen LogP contribution is -2.31. The number of pyridine rings is 1. The van der Waals surface area contributed by atoms with Crippen LogP contribution in [0.1, 0.15) is 19.5 Å². The molecule has 7 heteroatoms. The zero-order chi connectivity index (χ0) is 18.1. The van der Waals surface area contributed by atoms with Crippen molar-refractivity contribution in [3.8, 4) is 11.3 Å². The average molecular weight is 425 g/mol. The third-order valence-electron chi connectivity index (χ3n) is 3.66. The number of nitrogens with one attached hydrogen (secondary N) is 1. The number of aromatic nitrogens is 2. The number of nitrogens with zero attached hydrogens (tertiary/aromatic N) is 2. The fraction of sp³-hybridized carbons (Fsp3) is 0.222. The summed E-state index contributed by atoms with van der Waals surface area (Å²) in [6.07, 6.45) is 2.00. The molecule has 4 nitrogen and oxygen atoms in total. The summed E-state index contributed by atoms with van der Waals surface area (Å²) in [5.41, 5.74) is 2.69. The molecule has 3 aromatic rings. The standard InChI is InChI=1S/C18H16BrClFN3O/c1-10(2)22-17(25)9-15-18(11-3-4-14(21)13(20)7-11)23-16-8-12(19)5-6-24(15)16/h3-8,10H,9H2,1-2H3,(H,22,25). The molecule has 0 bridgehead atoms. The summed E-state index contributed by atoms with van der Waals surface area (Å²) in [6.45, 7) is 3.81. The fourth-order valence-electron chi connectivity index (χ4n) is 2.64. The van der Waals surface area contributed by atoms with Crippen LogP contribution in [0.3, 0.4) is 0 Å². The molecule has 0 spiro atoms. The van der Waals surface area contributed by atoms with Gasteiger partial charge in [0, 0.05) is 22.3 Å². The zero-order valence-electron chi connectivity index (χ0n) is 13.7. The van der Waals surface area contributed by atoms with Gasteiger partial charge in [0.15, 0.2) is 0 Å². The van der Waals surface area contributed by atoms with Crippen molar-refractivity contribution in [2.45, 2.75) is 26.3 Å². The normalized spacial score (nSPS) is 11.3.